The van der Waals surface area contributed by atoms with Crippen LogP contribution in [0.3, 0.4) is 0 Å². The summed E-state index contributed by atoms with van der Waals surface area (Å²) in [6, 6.07) is 11.9. The summed E-state index contributed by atoms with van der Waals surface area (Å²) in [5.74, 6) is 1.03. The van der Waals surface area contributed by atoms with E-state index in [1.165, 1.54) is 0 Å². The maximum Gasteiger partial charge on any atom is 0.240 e. The molecule has 0 atom stereocenters. The number of rotatable bonds is 1. The van der Waals surface area contributed by atoms with Crippen molar-refractivity contribution in [3.63, 3.8) is 0 Å². The van der Waals surface area contributed by atoms with Gasteiger partial charge in [0, 0.05) is 5.39 Å². The molecule has 0 saturated carbocycles. The fourth-order valence-electron chi connectivity index (χ4n) is 2.14. The van der Waals surface area contributed by atoms with Crippen molar-refractivity contribution in [1.29, 1.82) is 0 Å². The van der Waals surface area contributed by atoms with Gasteiger partial charge in [-0.2, -0.15) is 9.50 Å². The van der Waals surface area contributed by atoms with Crippen LogP contribution in [0.15, 0.2) is 41.8 Å². The van der Waals surface area contributed by atoms with Crippen LogP contribution in [0.25, 0.3) is 27.3 Å². The molecule has 0 aliphatic rings. The molecule has 6 heteroatoms. The highest BCUT2D eigenvalue weighted by Crippen LogP contribution is 2.27. The Hall–Kier alpha value is -2.47. The van der Waals surface area contributed by atoms with E-state index in [4.69, 9.17) is 5.73 Å². The third kappa shape index (κ3) is 1.50. The fraction of sp³-hybridized carbons (Fsp3) is 0. The summed E-state index contributed by atoms with van der Waals surface area (Å²) in [6.45, 7) is 0. The highest BCUT2D eigenvalue weighted by atomic mass is 32.1. The lowest BCUT2D eigenvalue weighted by molar-refractivity contribution is 0.955. The van der Waals surface area contributed by atoms with E-state index in [9.17, 15) is 0 Å². The average molecular weight is 267 g/mol. The standard InChI is InChI=1S/C13H9N5S/c14-13-16-11-8-4-1-2-5-9(8)15-12(18(11)17-13)10-6-3-7-19-10/h1-7H,(H2,14,17). The smallest absolute Gasteiger partial charge is 0.240 e. The van der Waals surface area contributed by atoms with Crippen molar-refractivity contribution in [2.24, 2.45) is 0 Å². The minimum atomic E-state index is 0.260. The van der Waals surface area contributed by atoms with Gasteiger partial charge in [-0.3, -0.25) is 0 Å². The molecule has 0 fully saturated rings. The van der Waals surface area contributed by atoms with Gasteiger partial charge in [0.1, 0.15) is 0 Å². The van der Waals surface area contributed by atoms with E-state index >= 15 is 0 Å². The van der Waals surface area contributed by atoms with Crippen LogP contribution in [0.1, 0.15) is 0 Å². The van der Waals surface area contributed by atoms with Crippen molar-refractivity contribution in [2.45, 2.75) is 0 Å². The summed E-state index contributed by atoms with van der Waals surface area (Å²) in [7, 11) is 0. The largest absolute Gasteiger partial charge is 0.366 e. The fourth-order valence-corrected chi connectivity index (χ4v) is 2.84. The topological polar surface area (TPSA) is 69.1 Å². The van der Waals surface area contributed by atoms with Gasteiger partial charge < -0.3 is 5.73 Å². The summed E-state index contributed by atoms with van der Waals surface area (Å²) in [5.41, 5.74) is 7.37. The number of anilines is 1. The predicted molar refractivity (Wildman–Crippen MR) is 76.0 cm³/mol. The number of fused-ring (bicyclic) bond motifs is 3. The molecule has 19 heavy (non-hydrogen) atoms. The Morgan fingerprint density at radius 1 is 1.05 bits per heavy atom. The monoisotopic (exact) mass is 267 g/mol. The van der Waals surface area contributed by atoms with Gasteiger partial charge in [0.25, 0.3) is 0 Å². The summed E-state index contributed by atoms with van der Waals surface area (Å²) in [4.78, 5) is 10.0. The molecule has 0 amide bonds. The maximum atomic E-state index is 5.74. The lowest BCUT2D eigenvalue weighted by Gasteiger charge is -2.04. The molecule has 1 aromatic carbocycles. The number of hydrogen-bond acceptors (Lipinski definition) is 5. The molecule has 4 aromatic rings. The zero-order chi connectivity index (χ0) is 12.8. The van der Waals surface area contributed by atoms with Crippen LogP contribution < -0.4 is 5.73 Å². The molecule has 0 aliphatic heterocycles. The number of nitrogens with zero attached hydrogens (tertiary/aromatic N) is 4. The zero-order valence-electron chi connectivity index (χ0n) is 9.82. The first-order chi connectivity index (χ1) is 9.33. The first kappa shape index (κ1) is 10.5. The summed E-state index contributed by atoms with van der Waals surface area (Å²) in [6.07, 6.45) is 0. The Bertz CT molecular complexity index is 879. The zero-order valence-corrected chi connectivity index (χ0v) is 10.6. The lowest BCUT2D eigenvalue weighted by Crippen LogP contribution is -1.98. The Labute approximate surface area is 112 Å². The van der Waals surface area contributed by atoms with E-state index in [0.29, 0.717) is 0 Å². The van der Waals surface area contributed by atoms with Gasteiger partial charge in [-0.15, -0.1) is 16.4 Å². The average Bonchev–Trinajstić information content (AvgIpc) is 3.06. The normalized spacial score (nSPS) is 11.4. The van der Waals surface area contributed by atoms with Crippen molar-refractivity contribution in [1.82, 2.24) is 19.6 Å². The van der Waals surface area contributed by atoms with Crippen LogP contribution in [-0.2, 0) is 0 Å². The summed E-state index contributed by atoms with van der Waals surface area (Å²) >= 11 is 1.62. The van der Waals surface area contributed by atoms with Crippen molar-refractivity contribution in [3.8, 4) is 10.7 Å². The molecule has 0 saturated heterocycles. The molecule has 5 nitrogen and oxygen atoms in total. The van der Waals surface area contributed by atoms with E-state index in [2.05, 4.69) is 15.1 Å². The van der Waals surface area contributed by atoms with E-state index in [-0.39, 0.29) is 5.95 Å². The number of thiophene rings is 1. The van der Waals surface area contributed by atoms with Gasteiger partial charge in [-0.05, 0) is 23.6 Å². The van der Waals surface area contributed by atoms with Crippen LogP contribution in [-0.4, -0.2) is 19.6 Å². The number of nitrogens with two attached hydrogens (primary N) is 1. The van der Waals surface area contributed by atoms with E-state index in [0.717, 1.165) is 27.3 Å². The van der Waals surface area contributed by atoms with Crippen LogP contribution in [0.4, 0.5) is 5.95 Å². The Balaban J connectivity index is 2.22. The highest BCUT2D eigenvalue weighted by Gasteiger charge is 2.13. The molecule has 0 bridgehead atoms. The molecule has 0 spiro atoms. The molecule has 0 radical (unpaired) electrons. The van der Waals surface area contributed by atoms with Crippen molar-refractivity contribution in [2.75, 3.05) is 5.73 Å². The SMILES string of the molecule is Nc1nc2c3ccccc3nc(-c3cccs3)n2n1. The second kappa shape index (κ2) is 3.76. The third-order valence-electron chi connectivity index (χ3n) is 2.94. The third-order valence-corrected chi connectivity index (χ3v) is 3.80. The van der Waals surface area contributed by atoms with E-state index < -0.39 is 0 Å². The number of aromatic nitrogens is 4. The van der Waals surface area contributed by atoms with Gasteiger partial charge in [0.15, 0.2) is 11.5 Å². The van der Waals surface area contributed by atoms with Crippen molar-refractivity contribution >= 4 is 33.8 Å². The number of hydrogen-bond donors (Lipinski definition) is 1. The molecular weight excluding hydrogens is 258 g/mol. The first-order valence-corrected chi connectivity index (χ1v) is 6.66. The van der Waals surface area contributed by atoms with Gasteiger partial charge in [0.05, 0.1) is 10.4 Å². The van der Waals surface area contributed by atoms with E-state index in [1.54, 1.807) is 15.9 Å². The van der Waals surface area contributed by atoms with Crippen molar-refractivity contribution < 1.29 is 0 Å². The van der Waals surface area contributed by atoms with Gasteiger partial charge in [-0.25, -0.2) is 4.98 Å². The van der Waals surface area contributed by atoms with Gasteiger partial charge in [0.2, 0.25) is 5.95 Å². The molecule has 3 aromatic heterocycles. The lowest BCUT2D eigenvalue weighted by atomic mass is 10.2. The number of benzene rings is 1. The van der Waals surface area contributed by atoms with Crippen LogP contribution in [0.2, 0.25) is 0 Å². The summed E-state index contributed by atoms with van der Waals surface area (Å²) < 4.78 is 1.71. The molecule has 4 rings (SSSR count). The molecule has 92 valence electrons. The van der Waals surface area contributed by atoms with E-state index in [1.807, 2.05) is 41.8 Å². The van der Waals surface area contributed by atoms with Gasteiger partial charge in [-0.1, -0.05) is 18.2 Å². The second-order valence-electron chi connectivity index (χ2n) is 4.14. The van der Waals surface area contributed by atoms with Gasteiger partial charge >= 0.3 is 0 Å². The quantitative estimate of drug-likeness (QED) is 0.575. The Morgan fingerprint density at radius 2 is 1.95 bits per heavy atom. The minimum Gasteiger partial charge on any atom is -0.366 e. The van der Waals surface area contributed by atoms with Crippen LogP contribution in [0, 0.1) is 0 Å². The first-order valence-electron chi connectivity index (χ1n) is 5.78. The summed E-state index contributed by atoms with van der Waals surface area (Å²) in [5, 5.41) is 7.21. The van der Waals surface area contributed by atoms with Crippen LogP contribution in [0.5, 0.6) is 0 Å². The number of para-hydroxylation sites is 1. The second-order valence-corrected chi connectivity index (χ2v) is 5.08. The Morgan fingerprint density at radius 3 is 2.79 bits per heavy atom. The van der Waals surface area contributed by atoms with Crippen LogP contribution >= 0.6 is 11.3 Å². The molecule has 0 unspecified atom stereocenters. The molecular formula is C13H9N5S. The highest BCUT2D eigenvalue weighted by molar-refractivity contribution is 7.13. The maximum absolute atomic E-state index is 5.74. The predicted octanol–water partition coefficient (Wildman–Crippen LogP) is 2.59. The minimum absolute atomic E-state index is 0.260. The molecule has 0 aliphatic carbocycles. The molecule has 2 N–H and O–H groups in total. The van der Waals surface area contributed by atoms with Crippen molar-refractivity contribution in [3.05, 3.63) is 41.8 Å². The Kier molecular flexibility index (Phi) is 2.07. The molecule has 3 heterocycles. The number of nitrogen functional groups attached to an aromatic ring is 1.